The number of fused-ring (bicyclic) bond motifs is 1. The van der Waals surface area contributed by atoms with E-state index in [1.54, 1.807) is 9.58 Å². The number of aryl methyl sites for hydroxylation is 1. The average molecular weight is 356 g/mol. The van der Waals surface area contributed by atoms with Crippen molar-refractivity contribution in [3.05, 3.63) is 18.2 Å². The Kier molecular flexibility index (Phi) is 4.28. The monoisotopic (exact) mass is 356 g/mol. The minimum absolute atomic E-state index is 0.239. The third-order valence-electron chi connectivity index (χ3n) is 5.39. The summed E-state index contributed by atoms with van der Waals surface area (Å²) in [6.07, 6.45) is 2.56. The van der Waals surface area contributed by atoms with E-state index in [4.69, 9.17) is 0 Å². The zero-order valence-electron chi connectivity index (χ0n) is 15.2. The van der Waals surface area contributed by atoms with E-state index < -0.39 is 6.03 Å². The predicted molar refractivity (Wildman–Crippen MR) is 101 cm³/mol. The van der Waals surface area contributed by atoms with Crippen LogP contribution in [0.5, 0.6) is 0 Å². The molecule has 1 aromatic carbocycles. The lowest BCUT2D eigenvalue weighted by molar-refractivity contribution is -0.120. The number of benzene rings is 1. The predicted octanol–water partition coefficient (Wildman–Crippen LogP) is 1.21. The van der Waals surface area contributed by atoms with E-state index in [-0.39, 0.29) is 5.91 Å². The summed E-state index contributed by atoms with van der Waals surface area (Å²) >= 11 is 0. The lowest BCUT2D eigenvalue weighted by Gasteiger charge is -2.33. The molecule has 1 aromatic heterocycles. The van der Waals surface area contributed by atoms with E-state index in [2.05, 4.69) is 39.8 Å². The molecule has 0 saturated carbocycles. The Morgan fingerprint density at radius 3 is 2.73 bits per heavy atom. The molecule has 8 nitrogen and oxygen atoms in total. The lowest BCUT2D eigenvalue weighted by Crippen LogP contribution is -2.49. The van der Waals surface area contributed by atoms with E-state index in [9.17, 15) is 9.59 Å². The van der Waals surface area contributed by atoms with Crippen LogP contribution in [-0.4, -0.2) is 54.4 Å². The fourth-order valence-electron chi connectivity index (χ4n) is 3.82. The van der Waals surface area contributed by atoms with Crippen molar-refractivity contribution in [2.45, 2.75) is 25.3 Å². The number of hydrogen-bond donors (Lipinski definition) is 2. The smallest absolute Gasteiger partial charge is 0.329 e. The molecule has 0 aliphatic carbocycles. The van der Waals surface area contributed by atoms with Crippen molar-refractivity contribution in [3.8, 4) is 0 Å². The molecule has 2 fully saturated rings. The van der Waals surface area contributed by atoms with Gasteiger partial charge in [-0.2, -0.15) is 5.10 Å². The van der Waals surface area contributed by atoms with Gasteiger partial charge in [-0.3, -0.25) is 19.7 Å². The quantitative estimate of drug-likeness (QED) is 0.864. The van der Waals surface area contributed by atoms with Gasteiger partial charge in [0, 0.05) is 44.2 Å². The molecule has 2 saturated heterocycles. The molecule has 4 rings (SSSR count). The van der Waals surface area contributed by atoms with Crippen LogP contribution in [0.25, 0.3) is 10.9 Å². The van der Waals surface area contributed by atoms with E-state index in [1.165, 1.54) is 0 Å². The Hall–Kier alpha value is -2.61. The first-order valence-corrected chi connectivity index (χ1v) is 9.06. The number of aromatic nitrogens is 2. The summed E-state index contributed by atoms with van der Waals surface area (Å²) in [7, 11) is 4.02. The molecule has 2 N–H and O–H groups in total. The highest BCUT2D eigenvalue weighted by molar-refractivity contribution is 6.09. The number of rotatable bonds is 3. The third kappa shape index (κ3) is 2.90. The number of nitrogens with one attached hydrogen (secondary N) is 2. The van der Waals surface area contributed by atoms with Crippen molar-refractivity contribution in [1.29, 1.82) is 0 Å². The van der Waals surface area contributed by atoms with Gasteiger partial charge in [0.25, 0.3) is 0 Å². The summed E-state index contributed by atoms with van der Waals surface area (Å²) in [5.74, 6) is 0.362. The fourth-order valence-corrected chi connectivity index (χ4v) is 3.82. The standard InChI is InChI=1S/C18H24N6O2/c1-22(12-5-8-19-9-6-12)13-3-4-14-15(11-13)23(2)21-17(14)24-10-7-16(25)20-18(24)26/h3-4,11-12,19H,5-10H2,1-2H3,(H,20,25,26). The van der Waals surface area contributed by atoms with Crippen LogP contribution < -0.4 is 20.4 Å². The second-order valence-electron chi connectivity index (χ2n) is 7.00. The van der Waals surface area contributed by atoms with Crippen LogP contribution in [0.3, 0.4) is 0 Å². The number of amides is 3. The van der Waals surface area contributed by atoms with Gasteiger partial charge in [-0.05, 0) is 44.1 Å². The first-order valence-electron chi connectivity index (χ1n) is 9.06. The molecule has 138 valence electrons. The minimum atomic E-state index is -0.405. The molecule has 2 aliphatic heterocycles. The van der Waals surface area contributed by atoms with Crippen molar-refractivity contribution >= 4 is 34.3 Å². The molecule has 0 unspecified atom stereocenters. The molecule has 26 heavy (non-hydrogen) atoms. The molecule has 2 aromatic rings. The maximum absolute atomic E-state index is 12.2. The number of urea groups is 1. The number of anilines is 2. The molecule has 3 amide bonds. The van der Waals surface area contributed by atoms with E-state index >= 15 is 0 Å². The van der Waals surface area contributed by atoms with Crippen LogP contribution in [0, 0.1) is 0 Å². The van der Waals surface area contributed by atoms with Gasteiger partial charge < -0.3 is 10.2 Å². The average Bonchev–Trinajstić information content (AvgIpc) is 2.98. The Balaban J connectivity index is 1.66. The van der Waals surface area contributed by atoms with Crippen LogP contribution in [0.4, 0.5) is 16.3 Å². The first kappa shape index (κ1) is 16.8. The van der Waals surface area contributed by atoms with Crippen LogP contribution in [0.2, 0.25) is 0 Å². The van der Waals surface area contributed by atoms with E-state index in [0.717, 1.165) is 42.5 Å². The maximum Gasteiger partial charge on any atom is 0.329 e. The van der Waals surface area contributed by atoms with Crippen LogP contribution in [-0.2, 0) is 11.8 Å². The fraction of sp³-hybridized carbons (Fsp3) is 0.500. The zero-order valence-corrected chi connectivity index (χ0v) is 15.2. The molecular weight excluding hydrogens is 332 g/mol. The number of hydrogen-bond acceptors (Lipinski definition) is 5. The van der Waals surface area contributed by atoms with Gasteiger partial charge in [0.05, 0.1) is 5.52 Å². The number of nitrogens with zero attached hydrogens (tertiary/aromatic N) is 4. The summed E-state index contributed by atoms with van der Waals surface area (Å²) in [4.78, 5) is 27.4. The largest absolute Gasteiger partial charge is 0.371 e. The lowest BCUT2D eigenvalue weighted by atomic mass is 10.0. The number of carbonyl (C=O) groups excluding carboxylic acids is 2. The minimum Gasteiger partial charge on any atom is -0.371 e. The van der Waals surface area contributed by atoms with Gasteiger partial charge in [-0.25, -0.2) is 4.79 Å². The van der Waals surface area contributed by atoms with Crippen molar-refractivity contribution < 1.29 is 9.59 Å². The van der Waals surface area contributed by atoms with Crippen molar-refractivity contribution in [2.24, 2.45) is 7.05 Å². The second kappa shape index (κ2) is 6.60. The molecule has 3 heterocycles. The van der Waals surface area contributed by atoms with Gasteiger partial charge >= 0.3 is 6.03 Å². The molecule has 0 radical (unpaired) electrons. The van der Waals surface area contributed by atoms with Gasteiger partial charge in [-0.1, -0.05) is 0 Å². The second-order valence-corrected chi connectivity index (χ2v) is 7.00. The molecule has 2 aliphatic rings. The van der Waals surface area contributed by atoms with Crippen molar-refractivity contribution in [3.63, 3.8) is 0 Å². The molecular formula is C18H24N6O2. The van der Waals surface area contributed by atoms with Crippen molar-refractivity contribution in [2.75, 3.05) is 36.5 Å². The molecule has 0 bridgehead atoms. The SMILES string of the molecule is CN(c1ccc2c(N3CCC(=O)NC3=O)nn(C)c2c1)C1CCNCC1. The molecule has 8 heteroatoms. The highest BCUT2D eigenvalue weighted by Crippen LogP contribution is 2.31. The zero-order chi connectivity index (χ0) is 18.3. The van der Waals surface area contributed by atoms with Gasteiger partial charge in [0.2, 0.25) is 5.91 Å². The Bertz CT molecular complexity index is 855. The number of carbonyl (C=O) groups is 2. The summed E-state index contributed by atoms with van der Waals surface area (Å²) in [5, 5.41) is 11.2. The van der Waals surface area contributed by atoms with Crippen LogP contribution >= 0.6 is 0 Å². The summed E-state index contributed by atoms with van der Waals surface area (Å²) in [6.45, 7) is 2.46. The van der Waals surface area contributed by atoms with Gasteiger partial charge in [0.1, 0.15) is 0 Å². The summed E-state index contributed by atoms with van der Waals surface area (Å²) in [5.41, 5.74) is 2.13. The summed E-state index contributed by atoms with van der Waals surface area (Å²) < 4.78 is 1.80. The normalized spacial score (nSPS) is 19.1. The first-order chi connectivity index (χ1) is 12.5. The van der Waals surface area contributed by atoms with E-state index in [1.807, 2.05) is 13.1 Å². The number of piperidine rings is 1. The highest BCUT2D eigenvalue weighted by atomic mass is 16.2. The van der Waals surface area contributed by atoms with Crippen LogP contribution in [0.15, 0.2) is 18.2 Å². The van der Waals surface area contributed by atoms with E-state index in [0.29, 0.717) is 24.8 Å². The molecule has 0 spiro atoms. The Morgan fingerprint density at radius 1 is 1.23 bits per heavy atom. The third-order valence-corrected chi connectivity index (χ3v) is 5.39. The van der Waals surface area contributed by atoms with Gasteiger partial charge in [-0.15, -0.1) is 0 Å². The maximum atomic E-state index is 12.2. The Labute approximate surface area is 152 Å². The van der Waals surface area contributed by atoms with Gasteiger partial charge in [0.15, 0.2) is 5.82 Å². The highest BCUT2D eigenvalue weighted by Gasteiger charge is 2.28. The van der Waals surface area contributed by atoms with Crippen molar-refractivity contribution in [1.82, 2.24) is 20.4 Å². The Morgan fingerprint density at radius 2 is 2.00 bits per heavy atom. The summed E-state index contributed by atoms with van der Waals surface area (Å²) in [6, 6.07) is 6.36. The topological polar surface area (TPSA) is 82.5 Å². The van der Waals surface area contributed by atoms with Crippen LogP contribution in [0.1, 0.15) is 19.3 Å². The molecule has 0 atom stereocenters. The number of imide groups is 1.